The molecule has 7 heteroatoms. The van der Waals surface area contributed by atoms with Gasteiger partial charge < -0.3 is 0 Å². The lowest BCUT2D eigenvalue weighted by atomic mass is 10.2. The number of carbonyl (C=O) groups is 1. The lowest BCUT2D eigenvalue weighted by molar-refractivity contribution is -0.112. The number of nitrogens with zero attached hydrogens (tertiary/aromatic N) is 4. The minimum atomic E-state index is -0.432. The SMILES string of the molecule is Cc1ccc(-n2ncc3c(=O)n(NC(=O)/C=C/c4ccccc4)cnc32)cc1. The van der Waals surface area contributed by atoms with Crippen LogP contribution in [-0.2, 0) is 4.79 Å². The third-order valence-electron chi connectivity index (χ3n) is 4.22. The number of nitrogens with one attached hydrogen (secondary N) is 1. The molecule has 1 amide bonds. The number of hydrogen-bond acceptors (Lipinski definition) is 4. The highest BCUT2D eigenvalue weighted by atomic mass is 16.2. The molecular weight excluding hydrogens is 354 g/mol. The van der Waals surface area contributed by atoms with E-state index in [9.17, 15) is 9.59 Å². The smallest absolute Gasteiger partial charge is 0.268 e. The summed E-state index contributed by atoms with van der Waals surface area (Å²) in [7, 11) is 0. The molecule has 138 valence electrons. The first-order valence-corrected chi connectivity index (χ1v) is 8.68. The molecule has 0 saturated heterocycles. The predicted molar refractivity (Wildman–Crippen MR) is 108 cm³/mol. The maximum atomic E-state index is 12.7. The van der Waals surface area contributed by atoms with Gasteiger partial charge in [0.1, 0.15) is 11.7 Å². The molecule has 0 spiro atoms. The molecule has 7 nitrogen and oxygen atoms in total. The Morgan fingerprint density at radius 3 is 2.57 bits per heavy atom. The van der Waals surface area contributed by atoms with Crippen LogP contribution in [0.15, 0.2) is 78.0 Å². The van der Waals surface area contributed by atoms with Crippen LogP contribution in [0.1, 0.15) is 11.1 Å². The molecule has 0 aliphatic carbocycles. The lowest BCUT2D eigenvalue weighted by Gasteiger charge is -2.06. The molecule has 0 bridgehead atoms. The fourth-order valence-corrected chi connectivity index (χ4v) is 2.76. The third-order valence-corrected chi connectivity index (χ3v) is 4.22. The van der Waals surface area contributed by atoms with E-state index in [-0.39, 0.29) is 0 Å². The molecule has 0 fully saturated rings. The van der Waals surface area contributed by atoms with E-state index in [2.05, 4.69) is 15.5 Å². The van der Waals surface area contributed by atoms with Gasteiger partial charge in [-0.05, 0) is 30.7 Å². The van der Waals surface area contributed by atoms with E-state index < -0.39 is 11.5 Å². The minimum absolute atomic E-state index is 0.315. The number of rotatable bonds is 4. The largest absolute Gasteiger partial charge is 0.283 e. The van der Waals surface area contributed by atoms with Gasteiger partial charge in [0.25, 0.3) is 11.5 Å². The van der Waals surface area contributed by atoms with Crippen molar-refractivity contribution >= 4 is 23.0 Å². The van der Waals surface area contributed by atoms with E-state index in [1.807, 2.05) is 61.5 Å². The zero-order valence-corrected chi connectivity index (χ0v) is 15.1. The average Bonchev–Trinajstić information content (AvgIpc) is 3.15. The van der Waals surface area contributed by atoms with Crippen LogP contribution in [0.5, 0.6) is 0 Å². The van der Waals surface area contributed by atoms with Crippen LogP contribution in [0.2, 0.25) is 0 Å². The van der Waals surface area contributed by atoms with Crippen LogP contribution < -0.4 is 11.0 Å². The summed E-state index contributed by atoms with van der Waals surface area (Å²) < 4.78 is 2.65. The van der Waals surface area contributed by atoms with Crippen molar-refractivity contribution < 1.29 is 4.79 Å². The summed E-state index contributed by atoms with van der Waals surface area (Å²) in [4.78, 5) is 29.1. The molecule has 0 aliphatic rings. The zero-order chi connectivity index (χ0) is 19.5. The van der Waals surface area contributed by atoms with Crippen molar-refractivity contribution in [2.75, 3.05) is 5.43 Å². The molecule has 4 rings (SSSR count). The number of amides is 1. The van der Waals surface area contributed by atoms with Gasteiger partial charge in [-0.15, -0.1) is 0 Å². The molecule has 0 aliphatic heterocycles. The molecule has 0 atom stereocenters. The Hall–Kier alpha value is -4.00. The average molecular weight is 371 g/mol. The Morgan fingerprint density at radius 2 is 1.82 bits per heavy atom. The predicted octanol–water partition coefficient (Wildman–Crippen LogP) is 2.67. The van der Waals surface area contributed by atoms with E-state index in [0.717, 1.165) is 21.5 Å². The van der Waals surface area contributed by atoms with Crippen LogP contribution in [0, 0.1) is 6.92 Å². The summed E-state index contributed by atoms with van der Waals surface area (Å²) in [6.45, 7) is 2.00. The molecule has 0 saturated carbocycles. The monoisotopic (exact) mass is 371 g/mol. The van der Waals surface area contributed by atoms with E-state index in [4.69, 9.17) is 0 Å². The van der Waals surface area contributed by atoms with Gasteiger partial charge in [-0.25, -0.2) is 14.3 Å². The number of aryl methyl sites for hydroxylation is 1. The molecule has 1 N–H and O–H groups in total. The Labute approximate surface area is 160 Å². The highest BCUT2D eigenvalue weighted by Crippen LogP contribution is 2.14. The van der Waals surface area contributed by atoms with Gasteiger partial charge in [-0.3, -0.25) is 15.0 Å². The number of aromatic nitrogens is 4. The highest BCUT2D eigenvalue weighted by Gasteiger charge is 2.12. The molecule has 2 aromatic heterocycles. The van der Waals surface area contributed by atoms with Gasteiger partial charge in [0.15, 0.2) is 5.65 Å². The van der Waals surface area contributed by atoms with Crippen LogP contribution in [-0.4, -0.2) is 25.3 Å². The second-order valence-electron chi connectivity index (χ2n) is 6.27. The third kappa shape index (κ3) is 3.45. The fraction of sp³-hybridized carbons (Fsp3) is 0.0476. The van der Waals surface area contributed by atoms with Gasteiger partial charge in [0.2, 0.25) is 0 Å². The first-order valence-electron chi connectivity index (χ1n) is 8.68. The maximum absolute atomic E-state index is 12.7. The quantitative estimate of drug-likeness (QED) is 0.559. The Bertz CT molecular complexity index is 1220. The van der Waals surface area contributed by atoms with Crippen molar-refractivity contribution in [3.05, 3.63) is 94.7 Å². The van der Waals surface area contributed by atoms with Crippen molar-refractivity contribution in [3.8, 4) is 5.69 Å². The molecule has 28 heavy (non-hydrogen) atoms. The Balaban J connectivity index is 1.60. The minimum Gasteiger partial charge on any atom is -0.268 e. The van der Waals surface area contributed by atoms with Crippen molar-refractivity contribution in [2.24, 2.45) is 0 Å². The summed E-state index contributed by atoms with van der Waals surface area (Å²) in [5, 5.41) is 4.58. The second-order valence-corrected chi connectivity index (χ2v) is 6.27. The van der Waals surface area contributed by atoms with E-state index >= 15 is 0 Å². The summed E-state index contributed by atoms with van der Waals surface area (Å²) in [5.41, 5.74) is 5.36. The summed E-state index contributed by atoms with van der Waals surface area (Å²) in [6.07, 6.45) is 5.77. The van der Waals surface area contributed by atoms with Gasteiger partial charge in [-0.2, -0.15) is 5.10 Å². The first-order chi connectivity index (χ1) is 13.6. The van der Waals surface area contributed by atoms with E-state index in [0.29, 0.717) is 11.0 Å². The number of carbonyl (C=O) groups excluding carboxylic acids is 1. The van der Waals surface area contributed by atoms with Crippen LogP contribution in [0.25, 0.3) is 22.8 Å². The van der Waals surface area contributed by atoms with Gasteiger partial charge in [0, 0.05) is 6.08 Å². The molecule has 2 heterocycles. The van der Waals surface area contributed by atoms with Crippen molar-refractivity contribution in [1.82, 2.24) is 19.4 Å². The topological polar surface area (TPSA) is 81.8 Å². The first kappa shape index (κ1) is 17.4. The standard InChI is InChI=1S/C21H17N5O2/c1-15-7-10-17(11-8-15)26-20-18(13-23-26)21(28)25(14-22-20)24-19(27)12-9-16-5-3-2-4-6-16/h2-14H,1H3,(H,24,27)/b12-9+. The van der Waals surface area contributed by atoms with Crippen LogP contribution in [0.4, 0.5) is 0 Å². The Morgan fingerprint density at radius 1 is 1.07 bits per heavy atom. The van der Waals surface area contributed by atoms with Gasteiger partial charge in [0.05, 0.1) is 11.9 Å². The van der Waals surface area contributed by atoms with Crippen molar-refractivity contribution in [2.45, 2.75) is 6.92 Å². The Kier molecular flexibility index (Phi) is 4.55. The van der Waals surface area contributed by atoms with Gasteiger partial charge in [-0.1, -0.05) is 48.0 Å². The molecule has 4 aromatic rings. The lowest BCUT2D eigenvalue weighted by Crippen LogP contribution is -2.32. The molecular formula is C21H17N5O2. The fourth-order valence-electron chi connectivity index (χ4n) is 2.76. The normalized spacial score (nSPS) is 11.2. The van der Waals surface area contributed by atoms with Crippen LogP contribution in [0.3, 0.4) is 0 Å². The van der Waals surface area contributed by atoms with Crippen LogP contribution >= 0.6 is 0 Å². The molecule has 0 unspecified atom stereocenters. The number of fused-ring (bicyclic) bond motifs is 1. The number of hydrogen-bond donors (Lipinski definition) is 1. The zero-order valence-electron chi connectivity index (χ0n) is 15.1. The summed E-state index contributed by atoms with van der Waals surface area (Å²) >= 11 is 0. The number of benzene rings is 2. The van der Waals surface area contributed by atoms with Gasteiger partial charge >= 0.3 is 0 Å². The molecule has 0 radical (unpaired) electrons. The van der Waals surface area contributed by atoms with E-state index in [1.165, 1.54) is 18.6 Å². The van der Waals surface area contributed by atoms with Crippen molar-refractivity contribution in [3.63, 3.8) is 0 Å². The second kappa shape index (κ2) is 7.32. The highest BCUT2D eigenvalue weighted by molar-refractivity contribution is 5.97. The van der Waals surface area contributed by atoms with Crippen molar-refractivity contribution in [1.29, 1.82) is 0 Å². The maximum Gasteiger partial charge on any atom is 0.283 e. The molecule has 2 aromatic carbocycles. The summed E-state index contributed by atoms with van der Waals surface area (Å²) in [6, 6.07) is 17.2. The summed E-state index contributed by atoms with van der Waals surface area (Å²) in [5.74, 6) is -0.432. The van der Waals surface area contributed by atoms with E-state index in [1.54, 1.807) is 10.8 Å².